The van der Waals surface area contributed by atoms with Gasteiger partial charge in [-0.3, -0.25) is 9.59 Å². The Labute approximate surface area is 198 Å². The third-order valence-electron chi connectivity index (χ3n) is 5.80. The van der Waals surface area contributed by atoms with Gasteiger partial charge in [0.15, 0.2) is 0 Å². The van der Waals surface area contributed by atoms with Crippen LogP contribution in [0, 0.1) is 11.7 Å². The van der Waals surface area contributed by atoms with Crippen molar-refractivity contribution in [3.63, 3.8) is 0 Å². The van der Waals surface area contributed by atoms with Gasteiger partial charge in [-0.25, -0.2) is 12.8 Å². The van der Waals surface area contributed by atoms with Gasteiger partial charge in [0, 0.05) is 55.9 Å². The lowest BCUT2D eigenvalue weighted by Crippen LogP contribution is -2.34. The van der Waals surface area contributed by atoms with Crippen LogP contribution in [0.2, 0.25) is 5.02 Å². The van der Waals surface area contributed by atoms with Gasteiger partial charge in [-0.05, 0) is 36.4 Å². The van der Waals surface area contributed by atoms with Gasteiger partial charge < -0.3 is 9.80 Å². The van der Waals surface area contributed by atoms with Crippen molar-refractivity contribution >= 4 is 39.1 Å². The Morgan fingerprint density at radius 3 is 2.36 bits per heavy atom. The van der Waals surface area contributed by atoms with Crippen molar-refractivity contribution in [2.75, 3.05) is 31.6 Å². The molecule has 0 aliphatic carbocycles. The van der Waals surface area contributed by atoms with Gasteiger partial charge in [0.2, 0.25) is 21.8 Å². The summed E-state index contributed by atoms with van der Waals surface area (Å²) < 4.78 is 40.8. The predicted molar refractivity (Wildman–Crippen MR) is 125 cm³/mol. The minimum absolute atomic E-state index is 0.00700. The molecule has 2 aromatic rings. The van der Waals surface area contributed by atoms with Gasteiger partial charge in [0.05, 0.1) is 10.8 Å². The van der Waals surface area contributed by atoms with E-state index in [9.17, 15) is 22.4 Å². The zero-order valence-corrected chi connectivity index (χ0v) is 20.4. The molecule has 0 spiro atoms. The fourth-order valence-corrected chi connectivity index (χ4v) is 5.62. The normalized spacial score (nSPS) is 16.5. The highest BCUT2D eigenvalue weighted by Gasteiger charge is 2.37. The number of anilines is 1. The summed E-state index contributed by atoms with van der Waals surface area (Å²) in [5, 5.41) is 0.235. The van der Waals surface area contributed by atoms with E-state index in [-0.39, 0.29) is 46.8 Å². The third-order valence-corrected chi connectivity index (χ3v) is 8.22. The van der Waals surface area contributed by atoms with Crippen molar-refractivity contribution < 1.29 is 22.4 Å². The molecule has 0 radical (unpaired) electrons. The summed E-state index contributed by atoms with van der Waals surface area (Å²) in [5.41, 5.74) is 0.745. The Kier molecular flexibility index (Phi) is 7.76. The first-order valence-corrected chi connectivity index (χ1v) is 12.5. The van der Waals surface area contributed by atoms with Gasteiger partial charge in [-0.15, -0.1) is 0 Å². The Bertz CT molecular complexity index is 1120. The topological polar surface area (TPSA) is 78.0 Å². The van der Waals surface area contributed by atoms with Crippen LogP contribution in [0.5, 0.6) is 0 Å². The average Bonchev–Trinajstić information content (AvgIpc) is 3.18. The Morgan fingerprint density at radius 1 is 1.15 bits per heavy atom. The van der Waals surface area contributed by atoms with Crippen LogP contribution in [0.15, 0.2) is 47.4 Å². The second-order valence-corrected chi connectivity index (χ2v) is 10.2. The number of benzene rings is 2. The largest absolute Gasteiger partial charge is 0.341 e. The molecule has 0 N–H and O–H groups in total. The Hall–Kier alpha value is -2.49. The standard InChI is InChI=1S/C23H27ClFN3O4S/c1-4-27(5-2)33(31,32)18-11-9-17(10-12-18)28-14-16(13-22(28)29)23(30)26(3)15-19-20(24)7-6-8-21(19)25/h6-12,16H,4-5,13-15H2,1-3H3/t16-/m0/s1. The second kappa shape index (κ2) is 10.2. The van der Waals surface area contributed by atoms with E-state index in [1.165, 1.54) is 38.4 Å². The minimum Gasteiger partial charge on any atom is -0.341 e. The summed E-state index contributed by atoms with van der Waals surface area (Å²) >= 11 is 6.06. The maximum Gasteiger partial charge on any atom is 0.243 e. The van der Waals surface area contributed by atoms with Crippen LogP contribution in [0.1, 0.15) is 25.8 Å². The zero-order valence-electron chi connectivity index (χ0n) is 18.8. The number of hydrogen-bond acceptors (Lipinski definition) is 4. The first kappa shape index (κ1) is 25.1. The van der Waals surface area contributed by atoms with E-state index in [0.29, 0.717) is 18.8 Å². The van der Waals surface area contributed by atoms with E-state index in [1.54, 1.807) is 39.1 Å². The lowest BCUT2D eigenvalue weighted by atomic mass is 10.1. The number of nitrogens with zero attached hydrogens (tertiary/aromatic N) is 3. The molecule has 178 valence electrons. The van der Waals surface area contributed by atoms with Crippen LogP contribution in [-0.2, 0) is 26.2 Å². The summed E-state index contributed by atoms with van der Waals surface area (Å²) in [5.74, 6) is -1.60. The molecule has 0 aromatic heterocycles. The van der Waals surface area contributed by atoms with E-state index in [4.69, 9.17) is 11.6 Å². The van der Waals surface area contributed by atoms with Gasteiger partial charge in [-0.1, -0.05) is 31.5 Å². The number of carbonyl (C=O) groups is 2. The number of halogens is 2. The predicted octanol–water partition coefficient (Wildman–Crippen LogP) is 3.52. The van der Waals surface area contributed by atoms with Crippen LogP contribution in [-0.4, -0.2) is 56.1 Å². The molecule has 33 heavy (non-hydrogen) atoms. The first-order valence-electron chi connectivity index (χ1n) is 10.7. The lowest BCUT2D eigenvalue weighted by Gasteiger charge is -2.22. The molecule has 1 aliphatic rings. The summed E-state index contributed by atoms with van der Waals surface area (Å²) in [7, 11) is -2.05. The van der Waals surface area contributed by atoms with Crippen molar-refractivity contribution in [1.29, 1.82) is 0 Å². The number of rotatable bonds is 8. The molecule has 0 bridgehead atoms. The van der Waals surface area contributed by atoms with Gasteiger partial charge >= 0.3 is 0 Å². The summed E-state index contributed by atoms with van der Waals surface area (Å²) in [6.07, 6.45) is 0.0215. The molecular weight excluding hydrogens is 469 g/mol. The van der Waals surface area contributed by atoms with E-state index in [2.05, 4.69) is 0 Å². The van der Waals surface area contributed by atoms with E-state index in [1.807, 2.05) is 0 Å². The molecule has 7 nitrogen and oxygen atoms in total. The summed E-state index contributed by atoms with van der Waals surface area (Å²) in [4.78, 5) is 28.5. The van der Waals surface area contributed by atoms with Crippen LogP contribution in [0.4, 0.5) is 10.1 Å². The van der Waals surface area contributed by atoms with Gasteiger partial charge in [0.1, 0.15) is 5.82 Å². The van der Waals surface area contributed by atoms with E-state index < -0.39 is 21.8 Å². The quantitative estimate of drug-likeness (QED) is 0.561. The maximum absolute atomic E-state index is 14.1. The van der Waals surface area contributed by atoms with Crippen molar-refractivity contribution in [3.8, 4) is 0 Å². The van der Waals surface area contributed by atoms with Crippen LogP contribution in [0.3, 0.4) is 0 Å². The summed E-state index contributed by atoms with van der Waals surface area (Å²) in [6, 6.07) is 10.4. The van der Waals surface area contributed by atoms with Crippen molar-refractivity contribution in [3.05, 3.63) is 58.9 Å². The van der Waals surface area contributed by atoms with Crippen LogP contribution < -0.4 is 4.90 Å². The molecule has 2 amide bonds. The molecule has 10 heteroatoms. The van der Waals surface area contributed by atoms with Gasteiger partial charge in [0.25, 0.3) is 0 Å². The molecule has 1 heterocycles. The van der Waals surface area contributed by atoms with E-state index in [0.717, 1.165) is 0 Å². The number of amides is 2. The minimum atomic E-state index is -3.60. The molecule has 1 aliphatic heterocycles. The zero-order chi connectivity index (χ0) is 24.3. The lowest BCUT2D eigenvalue weighted by molar-refractivity contribution is -0.135. The fraction of sp³-hybridized carbons (Fsp3) is 0.391. The SMILES string of the molecule is CCN(CC)S(=O)(=O)c1ccc(N2C[C@@H](C(=O)N(C)Cc3c(F)cccc3Cl)CC2=O)cc1. The first-order chi connectivity index (χ1) is 15.6. The molecule has 1 saturated heterocycles. The monoisotopic (exact) mass is 495 g/mol. The average molecular weight is 496 g/mol. The Balaban J connectivity index is 1.71. The molecule has 3 rings (SSSR count). The highest BCUT2D eigenvalue weighted by molar-refractivity contribution is 7.89. The van der Waals surface area contributed by atoms with Crippen molar-refractivity contribution in [2.24, 2.45) is 5.92 Å². The van der Waals surface area contributed by atoms with Crippen LogP contribution in [0.25, 0.3) is 0 Å². The third kappa shape index (κ3) is 5.20. The molecule has 0 unspecified atom stereocenters. The highest BCUT2D eigenvalue weighted by Crippen LogP contribution is 2.29. The number of carbonyl (C=O) groups excluding carboxylic acids is 2. The summed E-state index contributed by atoms with van der Waals surface area (Å²) in [6.45, 7) is 4.42. The number of hydrogen-bond donors (Lipinski definition) is 0. The fourth-order valence-electron chi connectivity index (χ4n) is 3.94. The molecule has 2 aromatic carbocycles. The second-order valence-electron chi connectivity index (χ2n) is 7.88. The number of sulfonamides is 1. The molecule has 0 saturated carbocycles. The van der Waals surface area contributed by atoms with E-state index >= 15 is 0 Å². The Morgan fingerprint density at radius 2 is 1.79 bits per heavy atom. The van der Waals surface area contributed by atoms with Crippen LogP contribution >= 0.6 is 11.6 Å². The molecule has 1 fully saturated rings. The smallest absolute Gasteiger partial charge is 0.243 e. The highest BCUT2D eigenvalue weighted by atomic mass is 35.5. The van der Waals surface area contributed by atoms with Gasteiger partial charge in [-0.2, -0.15) is 4.31 Å². The molecule has 1 atom stereocenters. The van der Waals surface area contributed by atoms with Crippen molar-refractivity contribution in [2.45, 2.75) is 31.7 Å². The van der Waals surface area contributed by atoms with Crippen molar-refractivity contribution in [1.82, 2.24) is 9.21 Å². The maximum atomic E-state index is 14.1. The molecular formula is C23H27ClFN3O4S.